The van der Waals surface area contributed by atoms with E-state index in [1.807, 2.05) is 0 Å². The molecule has 0 aliphatic carbocycles. The van der Waals surface area contributed by atoms with Crippen LogP contribution in [0.3, 0.4) is 0 Å². The number of sulfonamides is 1. The smallest absolute Gasteiger partial charge is 0.279 e. The minimum atomic E-state index is -3.92. The number of hydrogen-bond donors (Lipinski definition) is 1. The lowest BCUT2D eigenvalue weighted by molar-refractivity contribution is -0.384. The van der Waals surface area contributed by atoms with Gasteiger partial charge in [-0.15, -0.1) is 0 Å². The van der Waals surface area contributed by atoms with Gasteiger partial charge in [-0.1, -0.05) is 34.5 Å². The van der Waals surface area contributed by atoms with Crippen molar-refractivity contribution in [2.75, 3.05) is 4.72 Å². The van der Waals surface area contributed by atoms with Crippen molar-refractivity contribution in [1.82, 2.24) is 4.98 Å². The van der Waals surface area contributed by atoms with Crippen molar-refractivity contribution in [3.05, 3.63) is 43.5 Å². The highest BCUT2D eigenvalue weighted by molar-refractivity contribution is 7.94. The summed E-state index contributed by atoms with van der Waals surface area (Å²) in [5, 5.41) is 10.7. The molecule has 0 amide bonds. The van der Waals surface area contributed by atoms with Crippen molar-refractivity contribution in [3.8, 4) is 0 Å². The Kier molecular flexibility index (Phi) is 4.38. The van der Waals surface area contributed by atoms with Crippen LogP contribution in [-0.4, -0.2) is 18.3 Å². The van der Waals surface area contributed by atoms with Gasteiger partial charge in [-0.3, -0.25) is 14.8 Å². The molecule has 1 aromatic carbocycles. The fraction of sp³-hybridized carbons (Fsp3) is 0.100. The monoisotopic (exact) mass is 367 g/mol. The van der Waals surface area contributed by atoms with E-state index in [0.29, 0.717) is 0 Å². The SMILES string of the molecule is Cc1nc(Cl)sc1S(=O)(=O)Nc1ccc(Cl)c([N+](=O)[O-])c1. The zero-order chi connectivity index (χ0) is 15.8. The first-order chi connectivity index (χ1) is 9.70. The van der Waals surface area contributed by atoms with Crippen LogP contribution in [0.4, 0.5) is 11.4 Å². The second-order valence-corrected chi connectivity index (χ2v) is 7.73. The molecular weight excluding hydrogens is 361 g/mol. The molecule has 1 heterocycles. The van der Waals surface area contributed by atoms with Crippen molar-refractivity contribution in [2.45, 2.75) is 11.1 Å². The number of rotatable bonds is 4. The van der Waals surface area contributed by atoms with Crippen molar-refractivity contribution in [2.24, 2.45) is 0 Å². The van der Waals surface area contributed by atoms with Gasteiger partial charge in [0.05, 0.1) is 16.3 Å². The predicted molar refractivity (Wildman–Crippen MR) is 80.8 cm³/mol. The summed E-state index contributed by atoms with van der Waals surface area (Å²) in [5.41, 5.74) is -0.119. The van der Waals surface area contributed by atoms with Gasteiger partial charge in [-0.25, -0.2) is 13.4 Å². The summed E-state index contributed by atoms with van der Waals surface area (Å²) in [6, 6.07) is 3.60. The minimum absolute atomic E-state index is 0.0232. The first kappa shape index (κ1) is 16.0. The van der Waals surface area contributed by atoms with E-state index >= 15 is 0 Å². The molecule has 0 aliphatic rings. The van der Waals surface area contributed by atoms with E-state index in [4.69, 9.17) is 23.2 Å². The number of nitrogens with zero attached hydrogens (tertiary/aromatic N) is 2. The van der Waals surface area contributed by atoms with Crippen LogP contribution in [-0.2, 0) is 10.0 Å². The van der Waals surface area contributed by atoms with Crippen LogP contribution in [0.1, 0.15) is 5.69 Å². The maximum atomic E-state index is 12.2. The van der Waals surface area contributed by atoms with Gasteiger partial charge < -0.3 is 0 Å². The van der Waals surface area contributed by atoms with E-state index in [1.54, 1.807) is 0 Å². The highest BCUT2D eigenvalue weighted by atomic mass is 35.5. The molecule has 11 heteroatoms. The molecule has 0 aliphatic heterocycles. The Morgan fingerprint density at radius 1 is 1.38 bits per heavy atom. The predicted octanol–water partition coefficient (Wildman–Crippen LogP) is 3.47. The Hall–Kier alpha value is -1.42. The number of thiazole rings is 1. The molecule has 0 bridgehead atoms. The van der Waals surface area contributed by atoms with E-state index in [-0.39, 0.29) is 25.1 Å². The third kappa shape index (κ3) is 3.43. The van der Waals surface area contributed by atoms with Crippen LogP contribution in [0.15, 0.2) is 22.4 Å². The van der Waals surface area contributed by atoms with Gasteiger partial charge in [0.2, 0.25) is 0 Å². The van der Waals surface area contributed by atoms with E-state index in [0.717, 1.165) is 17.4 Å². The summed E-state index contributed by atoms with van der Waals surface area (Å²) in [6.45, 7) is 1.50. The maximum Gasteiger partial charge on any atom is 0.289 e. The number of aryl methyl sites for hydroxylation is 1. The molecule has 2 rings (SSSR count). The Balaban J connectivity index is 2.40. The summed E-state index contributed by atoms with van der Waals surface area (Å²) < 4.78 is 26.7. The second-order valence-electron chi connectivity index (χ2n) is 3.87. The van der Waals surface area contributed by atoms with Gasteiger partial charge in [0.25, 0.3) is 15.7 Å². The first-order valence-electron chi connectivity index (χ1n) is 5.30. The standard InChI is InChI=1S/C10H7Cl2N3O4S2/c1-5-9(20-10(12)13-5)21(18,19)14-6-2-3-7(11)8(4-6)15(16)17/h2-4,14H,1H3. The van der Waals surface area contributed by atoms with Crippen molar-refractivity contribution in [3.63, 3.8) is 0 Å². The summed E-state index contributed by atoms with van der Waals surface area (Å²) in [6.07, 6.45) is 0. The number of halogens is 2. The molecule has 0 saturated carbocycles. The number of anilines is 1. The Morgan fingerprint density at radius 2 is 2.05 bits per heavy atom. The summed E-state index contributed by atoms with van der Waals surface area (Å²) in [5.74, 6) is 0. The summed E-state index contributed by atoms with van der Waals surface area (Å²) >= 11 is 12.1. The zero-order valence-corrected chi connectivity index (χ0v) is 13.5. The average molecular weight is 368 g/mol. The van der Waals surface area contributed by atoms with Gasteiger partial charge in [0.1, 0.15) is 5.02 Å². The Bertz CT molecular complexity index is 820. The number of aromatic nitrogens is 1. The normalized spacial score (nSPS) is 11.4. The van der Waals surface area contributed by atoms with Crippen molar-refractivity contribution < 1.29 is 13.3 Å². The Morgan fingerprint density at radius 3 is 2.57 bits per heavy atom. The molecule has 7 nitrogen and oxygen atoms in total. The second kappa shape index (κ2) is 5.76. The van der Waals surface area contributed by atoms with Gasteiger partial charge in [0.15, 0.2) is 8.68 Å². The topological polar surface area (TPSA) is 102 Å². The summed E-state index contributed by atoms with van der Waals surface area (Å²) in [7, 11) is -3.92. The molecule has 0 spiro atoms. The molecule has 0 fully saturated rings. The molecule has 112 valence electrons. The molecule has 2 aromatic rings. The fourth-order valence-corrected chi connectivity index (χ4v) is 4.49. The van der Waals surface area contributed by atoms with Gasteiger partial charge >= 0.3 is 0 Å². The van der Waals surface area contributed by atoms with Gasteiger partial charge in [0, 0.05) is 6.07 Å². The highest BCUT2D eigenvalue weighted by Gasteiger charge is 2.23. The minimum Gasteiger partial charge on any atom is -0.279 e. The molecule has 1 N–H and O–H groups in total. The molecule has 0 atom stereocenters. The number of nitro groups is 1. The van der Waals surface area contributed by atoms with Crippen LogP contribution in [0, 0.1) is 17.0 Å². The van der Waals surface area contributed by atoms with Crippen LogP contribution in [0.25, 0.3) is 0 Å². The lowest BCUT2D eigenvalue weighted by Crippen LogP contribution is -2.12. The molecular formula is C10H7Cl2N3O4S2. The van der Waals surface area contributed by atoms with Gasteiger partial charge in [-0.2, -0.15) is 0 Å². The average Bonchev–Trinajstić information content (AvgIpc) is 2.71. The molecule has 1 aromatic heterocycles. The lowest BCUT2D eigenvalue weighted by atomic mass is 10.3. The first-order valence-corrected chi connectivity index (χ1v) is 8.36. The highest BCUT2D eigenvalue weighted by Crippen LogP contribution is 2.31. The van der Waals surface area contributed by atoms with Crippen LogP contribution in [0.5, 0.6) is 0 Å². The quantitative estimate of drug-likeness (QED) is 0.658. The van der Waals surface area contributed by atoms with E-state index in [1.165, 1.54) is 19.1 Å². The summed E-state index contributed by atoms with van der Waals surface area (Å²) in [4.78, 5) is 13.9. The van der Waals surface area contributed by atoms with E-state index < -0.39 is 20.6 Å². The third-order valence-corrected chi connectivity index (χ3v) is 5.94. The van der Waals surface area contributed by atoms with Crippen molar-refractivity contribution >= 4 is 55.9 Å². The molecule has 0 saturated heterocycles. The third-order valence-electron chi connectivity index (χ3n) is 2.37. The van der Waals surface area contributed by atoms with Crippen LogP contribution < -0.4 is 4.72 Å². The number of hydrogen-bond acceptors (Lipinski definition) is 6. The molecule has 0 unspecified atom stereocenters. The fourth-order valence-electron chi connectivity index (χ4n) is 1.52. The molecule has 0 radical (unpaired) electrons. The van der Waals surface area contributed by atoms with Crippen molar-refractivity contribution in [1.29, 1.82) is 0 Å². The van der Waals surface area contributed by atoms with E-state index in [2.05, 4.69) is 9.71 Å². The number of benzene rings is 1. The van der Waals surface area contributed by atoms with Crippen LogP contribution >= 0.6 is 34.5 Å². The van der Waals surface area contributed by atoms with E-state index in [9.17, 15) is 18.5 Å². The molecule has 21 heavy (non-hydrogen) atoms. The maximum absolute atomic E-state index is 12.2. The van der Waals surface area contributed by atoms with Crippen LogP contribution in [0.2, 0.25) is 9.49 Å². The lowest BCUT2D eigenvalue weighted by Gasteiger charge is -2.07. The largest absolute Gasteiger partial charge is 0.289 e. The number of nitrogens with one attached hydrogen (secondary N) is 1. The number of nitro benzene ring substituents is 1. The Labute approximate surface area is 133 Å². The van der Waals surface area contributed by atoms with Gasteiger partial charge in [-0.05, 0) is 19.1 Å². The zero-order valence-electron chi connectivity index (χ0n) is 10.3.